The Hall–Kier alpha value is -1.66. The zero-order chi connectivity index (χ0) is 19.9. The van der Waals surface area contributed by atoms with E-state index in [2.05, 4.69) is 51.8 Å². The second kappa shape index (κ2) is 10.2. The highest BCUT2D eigenvalue weighted by Gasteiger charge is 2.24. The number of rotatable bonds is 9. The summed E-state index contributed by atoms with van der Waals surface area (Å²) in [5, 5.41) is 13.6. The highest BCUT2D eigenvalue weighted by Crippen LogP contribution is 2.35. The maximum Gasteiger partial charge on any atom is 0.329 e. The maximum atomic E-state index is 10.6. The van der Waals surface area contributed by atoms with Gasteiger partial charge in [-0.25, -0.2) is 4.79 Å². The Kier molecular flexibility index (Phi) is 7.68. The van der Waals surface area contributed by atoms with Crippen LogP contribution in [0.4, 0.5) is 0 Å². The lowest BCUT2D eigenvalue weighted by Gasteiger charge is -2.28. The molecule has 0 amide bonds. The third-order valence-electron chi connectivity index (χ3n) is 5.49. The molecule has 0 bridgehead atoms. The van der Waals surface area contributed by atoms with Gasteiger partial charge in [-0.05, 0) is 65.4 Å². The molecule has 1 aliphatic carbocycles. The second-order valence-corrected chi connectivity index (χ2v) is 8.46. The Balaban J connectivity index is 1.63. The highest BCUT2D eigenvalue weighted by molar-refractivity contribution is 9.10. The minimum atomic E-state index is -0.894. The van der Waals surface area contributed by atoms with Crippen LogP contribution < -0.4 is 0 Å². The molecule has 0 spiro atoms. The molecule has 1 heterocycles. The average Bonchev–Trinajstić information content (AvgIpc) is 2.99. The van der Waals surface area contributed by atoms with Gasteiger partial charge in [-0.2, -0.15) is 5.10 Å². The summed E-state index contributed by atoms with van der Waals surface area (Å²) in [5.74, 6) is 0.187. The fourth-order valence-corrected chi connectivity index (χ4v) is 4.73. The van der Waals surface area contributed by atoms with Crippen molar-refractivity contribution in [3.8, 4) is 11.1 Å². The van der Waals surface area contributed by atoms with E-state index in [-0.39, 0.29) is 6.61 Å². The van der Waals surface area contributed by atoms with Crippen molar-refractivity contribution >= 4 is 21.9 Å². The molecule has 3 rings (SSSR count). The lowest BCUT2D eigenvalue weighted by molar-refractivity contribution is -0.142. The van der Waals surface area contributed by atoms with E-state index in [0.717, 1.165) is 55.4 Å². The van der Waals surface area contributed by atoms with Crippen LogP contribution >= 0.6 is 15.9 Å². The van der Waals surface area contributed by atoms with Gasteiger partial charge in [-0.1, -0.05) is 43.7 Å². The number of aryl methyl sites for hydroxylation is 1. The van der Waals surface area contributed by atoms with Gasteiger partial charge < -0.3 is 9.84 Å². The maximum absolute atomic E-state index is 10.6. The van der Waals surface area contributed by atoms with Crippen LogP contribution in [0, 0.1) is 11.8 Å². The molecule has 0 aliphatic heterocycles. The molecule has 152 valence electrons. The summed E-state index contributed by atoms with van der Waals surface area (Å²) < 4.78 is 8.49. The summed E-state index contributed by atoms with van der Waals surface area (Å²) in [6.07, 6.45) is 6.51. The second-order valence-electron chi connectivity index (χ2n) is 7.71. The number of carboxylic acid groups (broad SMARTS) is 1. The van der Waals surface area contributed by atoms with E-state index in [1.807, 2.05) is 6.07 Å². The number of benzene rings is 1. The molecule has 6 heteroatoms. The topological polar surface area (TPSA) is 64.4 Å². The van der Waals surface area contributed by atoms with Crippen molar-refractivity contribution in [3.63, 3.8) is 0 Å². The minimum absolute atomic E-state index is 0.192. The van der Waals surface area contributed by atoms with Crippen molar-refractivity contribution in [2.45, 2.75) is 52.0 Å². The fourth-order valence-electron chi connectivity index (χ4n) is 4.05. The van der Waals surface area contributed by atoms with Gasteiger partial charge in [0.2, 0.25) is 0 Å². The van der Waals surface area contributed by atoms with E-state index >= 15 is 0 Å². The Labute approximate surface area is 175 Å². The van der Waals surface area contributed by atoms with Crippen LogP contribution in [0.3, 0.4) is 0 Å². The van der Waals surface area contributed by atoms with Gasteiger partial charge in [0, 0.05) is 12.1 Å². The van der Waals surface area contributed by atoms with Gasteiger partial charge in [0.05, 0.1) is 12.3 Å². The van der Waals surface area contributed by atoms with Crippen LogP contribution in [0.5, 0.6) is 0 Å². The van der Waals surface area contributed by atoms with Crippen molar-refractivity contribution in [2.24, 2.45) is 11.8 Å². The highest BCUT2D eigenvalue weighted by atomic mass is 79.9. The van der Waals surface area contributed by atoms with Crippen molar-refractivity contribution in [3.05, 3.63) is 40.6 Å². The summed E-state index contributed by atoms with van der Waals surface area (Å²) in [6, 6.07) is 10.5. The standard InChI is InChI=1S/C22H29BrN2O3/c1-2-6-19-21(18-7-4-3-5-8-18)22(23)25(24-19)13-16-9-11-17(12-10-16)14-28-15-20(26)27/h3-5,7-8,16-17H,2,6,9-15H2,1H3,(H,26,27)/t16-,17-. The van der Waals surface area contributed by atoms with Gasteiger partial charge in [-0.15, -0.1) is 0 Å². The molecule has 1 N–H and O–H groups in total. The summed E-state index contributed by atoms with van der Waals surface area (Å²) in [7, 11) is 0. The number of halogens is 1. The van der Waals surface area contributed by atoms with Gasteiger partial charge >= 0.3 is 5.97 Å². The molecule has 0 atom stereocenters. The van der Waals surface area contributed by atoms with Crippen molar-refractivity contribution in [1.29, 1.82) is 0 Å². The summed E-state index contributed by atoms with van der Waals surface area (Å²) >= 11 is 3.82. The third-order valence-corrected chi connectivity index (χ3v) is 6.29. The first-order valence-electron chi connectivity index (χ1n) is 10.2. The van der Waals surface area contributed by atoms with Crippen LogP contribution in [-0.4, -0.2) is 34.1 Å². The van der Waals surface area contributed by atoms with Gasteiger partial charge in [0.15, 0.2) is 0 Å². The number of hydrogen-bond acceptors (Lipinski definition) is 3. The SMILES string of the molecule is CCCc1nn(C[C@H]2CC[C@H](COCC(=O)O)CC2)c(Br)c1-c1ccccc1. The molecule has 5 nitrogen and oxygen atoms in total. The first-order valence-corrected chi connectivity index (χ1v) is 11.0. The van der Waals surface area contributed by atoms with Crippen molar-refractivity contribution < 1.29 is 14.6 Å². The normalized spacial score (nSPS) is 19.6. The van der Waals surface area contributed by atoms with Gasteiger partial charge in [0.25, 0.3) is 0 Å². The summed E-state index contributed by atoms with van der Waals surface area (Å²) in [4.78, 5) is 10.6. The minimum Gasteiger partial charge on any atom is -0.480 e. The van der Waals surface area contributed by atoms with Crippen LogP contribution in [0.25, 0.3) is 11.1 Å². The molecule has 0 radical (unpaired) electrons. The van der Waals surface area contributed by atoms with Crippen molar-refractivity contribution in [2.75, 3.05) is 13.2 Å². The van der Waals surface area contributed by atoms with E-state index < -0.39 is 5.97 Å². The number of hydrogen-bond donors (Lipinski definition) is 1. The Morgan fingerprint density at radius 2 is 1.89 bits per heavy atom. The Bertz CT molecular complexity index is 768. The summed E-state index contributed by atoms with van der Waals surface area (Å²) in [5.41, 5.74) is 3.60. The molecule has 28 heavy (non-hydrogen) atoms. The monoisotopic (exact) mass is 448 g/mol. The number of carbonyl (C=O) groups is 1. The van der Waals surface area contributed by atoms with Gasteiger partial charge in [-0.3, -0.25) is 4.68 Å². The smallest absolute Gasteiger partial charge is 0.329 e. The molecule has 1 aromatic carbocycles. The molecular formula is C22H29BrN2O3. The average molecular weight is 449 g/mol. The molecule has 1 fully saturated rings. The third kappa shape index (κ3) is 5.45. The number of aliphatic carboxylic acids is 1. The van der Waals surface area contributed by atoms with Crippen LogP contribution in [-0.2, 0) is 22.5 Å². The Morgan fingerprint density at radius 3 is 2.54 bits per heavy atom. The van der Waals surface area contributed by atoms with Gasteiger partial charge in [0.1, 0.15) is 11.2 Å². The van der Waals surface area contributed by atoms with Crippen LogP contribution in [0.1, 0.15) is 44.7 Å². The van der Waals surface area contributed by atoms with Crippen molar-refractivity contribution in [1.82, 2.24) is 9.78 Å². The number of ether oxygens (including phenoxy) is 1. The zero-order valence-electron chi connectivity index (χ0n) is 16.4. The molecular weight excluding hydrogens is 420 g/mol. The molecule has 2 aromatic rings. The van der Waals surface area contributed by atoms with E-state index in [0.29, 0.717) is 18.4 Å². The lowest BCUT2D eigenvalue weighted by atomic mass is 9.82. The lowest BCUT2D eigenvalue weighted by Crippen LogP contribution is -2.23. The van der Waals surface area contributed by atoms with E-state index in [1.54, 1.807) is 0 Å². The Morgan fingerprint density at radius 1 is 1.21 bits per heavy atom. The first-order chi connectivity index (χ1) is 13.6. The fraction of sp³-hybridized carbons (Fsp3) is 0.545. The molecule has 1 saturated carbocycles. The predicted octanol–water partition coefficient (Wildman–Crippen LogP) is 5.17. The van der Waals surface area contributed by atoms with E-state index in [9.17, 15) is 4.79 Å². The molecule has 1 aromatic heterocycles. The first kappa shape index (κ1) is 21.1. The largest absolute Gasteiger partial charge is 0.480 e. The number of nitrogens with zero attached hydrogens (tertiary/aromatic N) is 2. The number of aromatic nitrogens is 2. The van der Waals surface area contributed by atoms with E-state index in [1.165, 1.54) is 11.1 Å². The summed E-state index contributed by atoms with van der Waals surface area (Å²) in [6.45, 7) is 3.48. The quantitative estimate of drug-likeness (QED) is 0.574. The molecule has 1 aliphatic rings. The zero-order valence-corrected chi connectivity index (χ0v) is 18.0. The number of carboxylic acids is 1. The predicted molar refractivity (Wildman–Crippen MR) is 113 cm³/mol. The van der Waals surface area contributed by atoms with E-state index in [4.69, 9.17) is 14.9 Å². The molecule has 0 unspecified atom stereocenters. The van der Waals surface area contributed by atoms with Crippen LogP contribution in [0.15, 0.2) is 34.9 Å². The van der Waals surface area contributed by atoms with Crippen LogP contribution in [0.2, 0.25) is 0 Å². The molecule has 0 saturated heterocycles.